The van der Waals surface area contributed by atoms with E-state index in [2.05, 4.69) is 10.6 Å². The van der Waals surface area contributed by atoms with Crippen molar-refractivity contribution in [2.75, 3.05) is 6.54 Å². The van der Waals surface area contributed by atoms with Gasteiger partial charge < -0.3 is 15.4 Å². The Hall–Kier alpha value is -1.62. The molecule has 0 aliphatic carbocycles. The van der Waals surface area contributed by atoms with Crippen molar-refractivity contribution in [3.05, 3.63) is 35.6 Å². The largest absolute Gasteiger partial charge is 0.444 e. The average Bonchev–Trinajstić information content (AvgIpc) is 2.35. The lowest BCUT2D eigenvalue weighted by Crippen LogP contribution is -2.41. The van der Waals surface area contributed by atoms with Crippen LogP contribution < -0.4 is 10.6 Å². The number of amides is 1. The number of nitrogens with one attached hydrogen (secondary N) is 2. The zero-order valence-corrected chi connectivity index (χ0v) is 13.4. The van der Waals surface area contributed by atoms with Crippen molar-refractivity contribution in [2.24, 2.45) is 0 Å². The molecule has 0 fully saturated rings. The number of hydrogen-bond acceptors (Lipinski definition) is 3. The van der Waals surface area contributed by atoms with Gasteiger partial charge in [-0.25, -0.2) is 9.18 Å². The SMILES string of the molecule is CC(CNC(=O)OC(C)(C)C)NC(C)c1ccc(F)cc1. The van der Waals surface area contributed by atoms with Gasteiger partial charge in [0.05, 0.1) is 0 Å². The monoisotopic (exact) mass is 296 g/mol. The first-order valence-corrected chi connectivity index (χ1v) is 7.16. The summed E-state index contributed by atoms with van der Waals surface area (Å²) in [6.45, 7) is 9.90. The van der Waals surface area contributed by atoms with Crippen LogP contribution in [0.4, 0.5) is 9.18 Å². The van der Waals surface area contributed by atoms with Crippen LogP contribution in [0.1, 0.15) is 46.2 Å². The van der Waals surface area contributed by atoms with Gasteiger partial charge in [-0.3, -0.25) is 0 Å². The number of carbonyl (C=O) groups is 1. The summed E-state index contributed by atoms with van der Waals surface area (Å²) in [5.74, 6) is -0.245. The van der Waals surface area contributed by atoms with E-state index in [1.54, 1.807) is 12.1 Å². The molecule has 0 saturated heterocycles. The number of halogens is 1. The minimum atomic E-state index is -0.498. The molecule has 1 aromatic carbocycles. The second-order valence-corrected chi connectivity index (χ2v) is 6.22. The third-order valence-electron chi connectivity index (χ3n) is 2.86. The number of benzene rings is 1. The van der Waals surface area contributed by atoms with Crippen LogP contribution in [0.15, 0.2) is 24.3 Å². The smallest absolute Gasteiger partial charge is 0.407 e. The first kappa shape index (κ1) is 17.4. The van der Waals surface area contributed by atoms with E-state index in [9.17, 15) is 9.18 Å². The van der Waals surface area contributed by atoms with E-state index in [0.29, 0.717) is 6.54 Å². The lowest BCUT2D eigenvalue weighted by molar-refractivity contribution is 0.0522. The topological polar surface area (TPSA) is 50.4 Å². The van der Waals surface area contributed by atoms with Gasteiger partial charge in [-0.05, 0) is 52.3 Å². The minimum absolute atomic E-state index is 0.0672. The fourth-order valence-electron chi connectivity index (χ4n) is 1.88. The van der Waals surface area contributed by atoms with E-state index in [1.807, 2.05) is 34.6 Å². The molecule has 0 bridgehead atoms. The van der Waals surface area contributed by atoms with E-state index in [0.717, 1.165) is 5.56 Å². The third kappa shape index (κ3) is 7.09. The van der Waals surface area contributed by atoms with Crippen molar-refractivity contribution in [3.63, 3.8) is 0 Å². The maximum Gasteiger partial charge on any atom is 0.407 e. The molecule has 2 unspecified atom stereocenters. The highest BCUT2D eigenvalue weighted by Crippen LogP contribution is 2.13. The fraction of sp³-hybridized carbons (Fsp3) is 0.562. The molecule has 5 heteroatoms. The molecule has 0 aromatic heterocycles. The maximum atomic E-state index is 12.9. The molecule has 0 aliphatic heterocycles. The molecule has 0 spiro atoms. The molecular weight excluding hydrogens is 271 g/mol. The Morgan fingerprint density at radius 3 is 2.33 bits per heavy atom. The second-order valence-electron chi connectivity index (χ2n) is 6.22. The van der Waals surface area contributed by atoms with Crippen LogP contribution in [0.5, 0.6) is 0 Å². The molecule has 21 heavy (non-hydrogen) atoms. The molecule has 4 nitrogen and oxygen atoms in total. The van der Waals surface area contributed by atoms with Crippen LogP contribution in [-0.2, 0) is 4.74 Å². The van der Waals surface area contributed by atoms with Gasteiger partial charge in [-0.1, -0.05) is 12.1 Å². The van der Waals surface area contributed by atoms with Crippen LogP contribution in [-0.4, -0.2) is 24.3 Å². The summed E-state index contributed by atoms with van der Waals surface area (Å²) in [6.07, 6.45) is -0.425. The molecule has 118 valence electrons. The van der Waals surface area contributed by atoms with Crippen LogP contribution >= 0.6 is 0 Å². The van der Waals surface area contributed by atoms with E-state index < -0.39 is 11.7 Å². The van der Waals surface area contributed by atoms with E-state index in [1.165, 1.54) is 12.1 Å². The van der Waals surface area contributed by atoms with Crippen LogP contribution in [0.25, 0.3) is 0 Å². The number of carbonyl (C=O) groups excluding carboxylic acids is 1. The maximum absolute atomic E-state index is 12.9. The van der Waals surface area contributed by atoms with Crippen molar-refractivity contribution in [2.45, 2.75) is 52.3 Å². The standard InChI is InChI=1S/C16H25FN2O2/c1-11(10-18-15(20)21-16(3,4)5)19-12(2)13-6-8-14(17)9-7-13/h6-9,11-12,19H,10H2,1-5H3,(H,18,20). The quantitative estimate of drug-likeness (QED) is 0.875. The van der Waals surface area contributed by atoms with Gasteiger partial charge >= 0.3 is 6.09 Å². The molecule has 0 saturated carbocycles. The van der Waals surface area contributed by atoms with Crippen molar-refractivity contribution in [1.29, 1.82) is 0 Å². The van der Waals surface area contributed by atoms with Gasteiger partial charge in [0.25, 0.3) is 0 Å². The van der Waals surface area contributed by atoms with Gasteiger partial charge in [0.1, 0.15) is 11.4 Å². The molecule has 1 rings (SSSR count). The Morgan fingerprint density at radius 2 is 1.81 bits per heavy atom. The van der Waals surface area contributed by atoms with Crippen molar-refractivity contribution < 1.29 is 13.9 Å². The molecule has 0 radical (unpaired) electrons. The van der Waals surface area contributed by atoms with Crippen molar-refractivity contribution >= 4 is 6.09 Å². The van der Waals surface area contributed by atoms with Crippen molar-refractivity contribution in [3.8, 4) is 0 Å². The number of hydrogen-bond donors (Lipinski definition) is 2. The lowest BCUT2D eigenvalue weighted by Gasteiger charge is -2.23. The summed E-state index contributed by atoms with van der Waals surface area (Å²) in [5, 5.41) is 6.06. The Morgan fingerprint density at radius 1 is 1.24 bits per heavy atom. The molecule has 1 aromatic rings. The third-order valence-corrected chi connectivity index (χ3v) is 2.86. The zero-order chi connectivity index (χ0) is 16.0. The normalized spacial score (nSPS) is 14.4. The first-order valence-electron chi connectivity index (χ1n) is 7.16. The summed E-state index contributed by atoms with van der Waals surface area (Å²) in [4.78, 5) is 11.6. The highest BCUT2D eigenvalue weighted by Gasteiger charge is 2.17. The summed E-state index contributed by atoms with van der Waals surface area (Å²) in [7, 11) is 0. The molecule has 2 N–H and O–H groups in total. The summed E-state index contributed by atoms with van der Waals surface area (Å²) >= 11 is 0. The number of alkyl carbamates (subject to hydrolysis) is 1. The Kier molecular flexibility index (Phi) is 6.15. The average molecular weight is 296 g/mol. The second kappa shape index (κ2) is 7.41. The van der Waals surface area contributed by atoms with Crippen LogP contribution in [0.3, 0.4) is 0 Å². The van der Waals surface area contributed by atoms with Gasteiger partial charge in [-0.2, -0.15) is 0 Å². The minimum Gasteiger partial charge on any atom is -0.444 e. The van der Waals surface area contributed by atoms with E-state index >= 15 is 0 Å². The number of ether oxygens (including phenoxy) is 1. The highest BCUT2D eigenvalue weighted by atomic mass is 19.1. The zero-order valence-electron chi connectivity index (χ0n) is 13.4. The molecule has 0 heterocycles. The molecule has 2 atom stereocenters. The van der Waals surface area contributed by atoms with Crippen molar-refractivity contribution in [1.82, 2.24) is 10.6 Å². The molecular formula is C16H25FN2O2. The predicted octanol–water partition coefficient (Wildman–Crippen LogP) is 3.39. The van der Waals surface area contributed by atoms with Gasteiger partial charge in [0.2, 0.25) is 0 Å². The fourth-order valence-corrected chi connectivity index (χ4v) is 1.88. The van der Waals surface area contributed by atoms with Gasteiger partial charge in [0, 0.05) is 18.6 Å². The van der Waals surface area contributed by atoms with E-state index in [4.69, 9.17) is 4.74 Å². The molecule has 1 amide bonds. The van der Waals surface area contributed by atoms with Crippen LogP contribution in [0, 0.1) is 5.82 Å². The number of rotatable bonds is 5. The lowest BCUT2D eigenvalue weighted by atomic mass is 10.1. The summed E-state index contributed by atoms with van der Waals surface area (Å²) in [5.41, 5.74) is 0.503. The summed E-state index contributed by atoms with van der Waals surface area (Å²) < 4.78 is 18.0. The Bertz CT molecular complexity index is 454. The summed E-state index contributed by atoms with van der Waals surface area (Å²) in [6, 6.07) is 6.52. The van der Waals surface area contributed by atoms with Gasteiger partial charge in [0.15, 0.2) is 0 Å². The molecule has 0 aliphatic rings. The van der Waals surface area contributed by atoms with Crippen LogP contribution in [0.2, 0.25) is 0 Å². The predicted molar refractivity (Wildman–Crippen MR) is 81.6 cm³/mol. The van der Waals surface area contributed by atoms with Gasteiger partial charge in [-0.15, -0.1) is 0 Å². The Balaban J connectivity index is 2.38. The van der Waals surface area contributed by atoms with E-state index in [-0.39, 0.29) is 17.9 Å². The Labute approximate surface area is 126 Å². The highest BCUT2D eigenvalue weighted by molar-refractivity contribution is 5.67. The first-order chi connectivity index (χ1) is 9.67.